The lowest BCUT2D eigenvalue weighted by molar-refractivity contribution is -0.129. The summed E-state index contributed by atoms with van der Waals surface area (Å²) in [5.41, 5.74) is 1.42. The fourth-order valence-electron chi connectivity index (χ4n) is 2.43. The van der Waals surface area contributed by atoms with E-state index in [2.05, 4.69) is 12.2 Å². The van der Waals surface area contributed by atoms with Crippen LogP contribution in [0.25, 0.3) is 0 Å². The zero-order valence-corrected chi connectivity index (χ0v) is 16.5. The number of likely N-dealkylation sites (N-methyl/N-ethyl adjacent to an activating group) is 1. The molecular weight excluding hydrogens is 364 g/mol. The van der Waals surface area contributed by atoms with Crippen molar-refractivity contribution in [2.24, 2.45) is 0 Å². The van der Waals surface area contributed by atoms with Gasteiger partial charge in [0.15, 0.2) is 0 Å². The molecule has 0 saturated heterocycles. The average Bonchev–Trinajstić information content (AvgIpc) is 2.66. The zero-order chi connectivity index (χ0) is 19.6. The summed E-state index contributed by atoms with van der Waals surface area (Å²) in [6.07, 6.45) is 2.06. The lowest BCUT2D eigenvalue weighted by Gasteiger charge is -2.18. The van der Waals surface area contributed by atoms with Crippen LogP contribution < -0.4 is 10.1 Å². The number of unbranched alkanes of at least 4 members (excludes halogenated alkanes) is 1. The van der Waals surface area contributed by atoms with Gasteiger partial charge in [-0.2, -0.15) is 0 Å². The number of ether oxygens (including phenoxy) is 1. The average molecular weight is 389 g/mol. The molecule has 144 valence electrons. The van der Waals surface area contributed by atoms with Crippen molar-refractivity contribution in [2.75, 3.05) is 20.2 Å². The Balaban J connectivity index is 1.80. The minimum absolute atomic E-state index is 0.0648. The minimum atomic E-state index is -0.292. The molecule has 2 aromatic rings. The van der Waals surface area contributed by atoms with Crippen LogP contribution in [-0.4, -0.2) is 36.9 Å². The van der Waals surface area contributed by atoms with E-state index in [4.69, 9.17) is 16.3 Å². The molecule has 0 heterocycles. The van der Waals surface area contributed by atoms with Crippen LogP contribution in [0, 0.1) is 0 Å². The minimum Gasteiger partial charge on any atom is -0.494 e. The summed E-state index contributed by atoms with van der Waals surface area (Å²) < 4.78 is 5.57. The summed E-state index contributed by atoms with van der Waals surface area (Å²) in [5.74, 6) is 0.264. The van der Waals surface area contributed by atoms with Gasteiger partial charge in [-0.05, 0) is 48.4 Å². The molecule has 0 saturated carbocycles. The lowest BCUT2D eigenvalue weighted by atomic mass is 10.2. The van der Waals surface area contributed by atoms with Gasteiger partial charge >= 0.3 is 0 Å². The smallest absolute Gasteiger partial charge is 0.251 e. The molecular formula is C21H25ClN2O3. The summed E-state index contributed by atoms with van der Waals surface area (Å²) in [6, 6.07) is 14.2. The first-order chi connectivity index (χ1) is 13.0. The van der Waals surface area contributed by atoms with Crippen LogP contribution in [0.3, 0.4) is 0 Å². The van der Waals surface area contributed by atoms with Crippen molar-refractivity contribution in [1.82, 2.24) is 10.2 Å². The van der Waals surface area contributed by atoms with Gasteiger partial charge in [0.2, 0.25) is 5.91 Å². The monoisotopic (exact) mass is 388 g/mol. The van der Waals surface area contributed by atoms with E-state index in [0.29, 0.717) is 23.7 Å². The highest BCUT2D eigenvalue weighted by Crippen LogP contribution is 2.13. The maximum absolute atomic E-state index is 12.2. The van der Waals surface area contributed by atoms with Crippen molar-refractivity contribution in [1.29, 1.82) is 0 Å². The van der Waals surface area contributed by atoms with E-state index >= 15 is 0 Å². The molecule has 0 atom stereocenters. The maximum Gasteiger partial charge on any atom is 0.251 e. The van der Waals surface area contributed by atoms with Gasteiger partial charge in [0.1, 0.15) is 5.75 Å². The van der Waals surface area contributed by atoms with Crippen molar-refractivity contribution in [3.63, 3.8) is 0 Å². The van der Waals surface area contributed by atoms with E-state index in [0.717, 1.165) is 24.2 Å². The molecule has 0 fully saturated rings. The van der Waals surface area contributed by atoms with Crippen LogP contribution in [0.1, 0.15) is 35.7 Å². The molecule has 0 aliphatic rings. The summed E-state index contributed by atoms with van der Waals surface area (Å²) in [6.45, 7) is 3.13. The molecule has 0 spiro atoms. The van der Waals surface area contributed by atoms with E-state index in [1.165, 1.54) is 0 Å². The Morgan fingerprint density at radius 3 is 2.56 bits per heavy atom. The van der Waals surface area contributed by atoms with Crippen LogP contribution in [-0.2, 0) is 11.3 Å². The van der Waals surface area contributed by atoms with E-state index in [-0.39, 0.29) is 18.4 Å². The molecule has 0 bridgehead atoms. The molecule has 0 aromatic heterocycles. The number of rotatable bonds is 9. The molecule has 2 amide bonds. The van der Waals surface area contributed by atoms with Crippen LogP contribution in [0.4, 0.5) is 0 Å². The topological polar surface area (TPSA) is 58.6 Å². The summed E-state index contributed by atoms with van der Waals surface area (Å²) in [4.78, 5) is 26.0. The third kappa shape index (κ3) is 6.94. The van der Waals surface area contributed by atoms with Gasteiger partial charge in [0, 0.05) is 24.2 Å². The van der Waals surface area contributed by atoms with Gasteiger partial charge in [-0.3, -0.25) is 9.59 Å². The van der Waals surface area contributed by atoms with Gasteiger partial charge in [-0.15, -0.1) is 0 Å². The Hall–Kier alpha value is -2.53. The normalized spacial score (nSPS) is 10.3. The molecule has 1 N–H and O–H groups in total. The maximum atomic E-state index is 12.2. The molecule has 27 heavy (non-hydrogen) atoms. The third-order valence-electron chi connectivity index (χ3n) is 4.02. The quantitative estimate of drug-likeness (QED) is 0.662. The van der Waals surface area contributed by atoms with Gasteiger partial charge < -0.3 is 15.0 Å². The third-order valence-corrected chi connectivity index (χ3v) is 4.25. The fraction of sp³-hybridized carbons (Fsp3) is 0.333. The number of carbonyl (C=O) groups excluding carboxylic acids is 2. The number of benzene rings is 2. The number of nitrogens with one attached hydrogen (secondary N) is 1. The summed E-state index contributed by atoms with van der Waals surface area (Å²) in [7, 11) is 1.69. The second-order valence-electron chi connectivity index (χ2n) is 6.29. The predicted octanol–water partition coefficient (Wildman–Crippen LogP) is 3.91. The molecule has 5 nitrogen and oxygen atoms in total. The van der Waals surface area contributed by atoms with E-state index in [1.807, 2.05) is 18.2 Å². The molecule has 0 radical (unpaired) electrons. The fourth-order valence-corrected chi connectivity index (χ4v) is 2.64. The van der Waals surface area contributed by atoms with E-state index in [9.17, 15) is 9.59 Å². The second-order valence-corrected chi connectivity index (χ2v) is 6.73. The van der Waals surface area contributed by atoms with Crippen molar-refractivity contribution in [3.8, 4) is 5.75 Å². The summed E-state index contributed by atoms with van der Waals surface area (Å²) in [5, 5.41) is 3.28. The number of hydrogen-bond donors (Lipinski definition) is 1. The molecule has 0 unspecified atom stereocenters. The zero-order valence-electron chi connectivity index (χ0n) is 15.7. The van der Waals surface area contributed by atoms with Crippen LogP contribution >= 0.6 is 11.6 Å². The highest BCUT2D eigenvalue weighted by Gasteiger charge is 2.12. The first-order valence-corrected chi connectivity index (χ1v) is 9.37. The number of nitrogens with zero attached hydrogens (tertiary/aromatic N) is 1. The second kappa shape index (κ2) is 10.6. The molecule has 0 aliphatic heterocycles. The van der Waals surface area contributed by atoms with Crippen LogP contribution in [0.2, 0.25) is 5.02 Å². The first-order valence-electron chi connectivity index (χ1n) is 8.99. The van der Waals surface area contributed by atoms with E-state index < -0.39 is 0 Å². The lowest BCUT2D eigenvalue weighted by Crippen LogP contribution is -2.37. The van der Waals surface area contributed by atoms with Gasteiger partial charge in [0.25, 0.3) is 5.91 Å². The van der Waals surface area contributed by atoms with Gasteiger partial charge in [-0.25, -0.2) is 0 Å². The Morgan fingerprint density at radius 2 is 1.89 bits per heavy atom. The van der Waals surface area contributed by atoms with Crippen molar-refractivity contribution in [2.45, 2.75) is 26.3 Å². The largest absolute Gasteiger partial charge is 0.494 e. The van der Waals surface area contributed by atoms with Crippen molar-refractivity contribution < 1.29 is 14.3 Å². The van der Waals surface area contributed by atoms with Gasteiger partial charge in [0.05, 0.1) is 13.2 Å². The van der Waals surface area contributed by atoms with Gasteiger partial charge in [-0.1, -0.05) is 37.1 Å². The van der Waals surface area contributed by atoms with Crippen LogP contribution in [0.5, 0.6) is 5.75 Å². The Bertz CT molecular complexity index is 762. The highest BCUT2D eigenvalue weighted by atomic mass is 35.5. The number of hydrogen-bond acceptors (Lipinski definition) is 3. The molecule has 2 aromatic carbocycles. The number of amides is 2. The predicted molar refractivity (Wildman–Crippen MR) is 107 cm³/mol. The molecule has 0 aliphatic carbocycles. The van der Waals surface area contributed by atoms with Crippen molar-refractivity contribution >= 4 is 23.4 Å². The number of halogens is 1. The van der Waals surface area contributed by atoms with Crippen molar-refractivity contribution in [3.05, 3.63) is 64.7 Å². The Kier molecular flexibility index (Phi) is 8.14. The standard InChI is InChI=1S/C21H25ClN2O3/c1-3-4-12-27-19-10-8-17(9-11-19)21(26)23-14-20(25)24(2)15-16-6-5-7-18(22)13-16/h5-11,13H,3-4,12,14-15H2,1-2H3,(H,23,26). The molecule has 2 rings (SSSR count). The SMILES string of the molecule is CCCCOc1ccc(C(=O)NCC(=O)N(C)Cc2cccc(Cl)c2)cc1. The summed E-state index contributed by atoms with van der Waals surface area (Å²) >= 11 is 5.96. The Morgan fingerprint density at radius 1 is 1.15 bits per heavy atom. The van der Waals surface area contributed by atoms with E-state index in [1.54, 1.807) is 42.3 Å². The Labute approximate surface area is 165 Å². The first kappa shape index (κ1) is 20.8. The highest BCUT2D eigenvalue weighted by molar-refractivity contribution is 6.30. The van der Waals surface area contributed by atoms with Crippen LogP contribution in [0.15, 0.2) is 48.5 Å². The number of carbonyl (C=O) groups is 2. The molecule has 6 heteroatoms.